The summed E-state index contributed by atoms with van der Waals surface area (Å²) in [6.45, 7) is 6.31. The van der Waals surface area contributed by atoms with E-state index in [1.165, 1.54) is 6.08 Å². The van der Waals surface area contributed by atoms with Gasteiger partial charge in [0.05, 0.1) is 29.9 Å². The van der Waals surface area contributed by atoms with Gasteiger partial charge in [-0.3, -0.25) is 4.79 Å². The third-order valence-electron chi connectivity index (χ3n) is 5.43. The van der Waals surface area contributed by atoms with Crippen LogP contribution in [-0.2, 0) is 21.2 Å². The van der Waals surface area contributed by atoms with Crippen LogP contribution in [0.4, 0.5) is 0 Å². The van der Waals surface area contributed by atoms with Gasteiger partial charge in [0.2, 0.25) is 5.91 Å². The molecule has 1 aromatic carbocycles. The van der Waals surface area contributed by atoms with Crippen LogP contribution in [0.15, 0.2) is 28.8 Å². The molecule has 168 valence electrons. The smallest absolute Gasteiger partial charge is 0.246 e. The summed E-state index contributed by atoms with van der Waals surface area (Å²) < 4.78 is 39.9. The number of benzene rings is 1. The summed E-state index contributed by atoms with van der Waals surface area (Å²) in [6.07, 6.45) is 3.64. The van der Waals surface area contributed by atoms with Gasteiger partial charge < -0.3 is 18.9 Å². The number of hydrogen-bond acceptors (Lipinski definition) is 7. The second kappa shape index (κ2) is 9.55. The van der Waals surface area contributed by atoms with E-state index in [9.17, 15) is 13.2 Å². The van der Waals surface area contributed by atoms with Gasteiger partial charge in [-0.05, 0) is 51.0 Å². The summed E-state index contributed by atoms with van der Waals surface area (Å²) in [5, 5.41) is 3.92. The first-order chi connectivity index (χ1) is 14.7. The maximum atomic E-state index is 12.6. The Morgan fingerprint density at radius 3 is 2.68 bits per heavy atom. The number of sulfone groups is 1. The molecule has 0 radical (unpaired) electrons. The lowest BCUT2D eigenvalue weighted by Crippen LogP contribution is -2.40. The van der Waals surface area contributed by atoms with Gasteiger partial charge in [-0.25, -0.2) is 8.42 Å². The minimum Gasteiger partial charge on any atom is -0.493 e. The van der Waals surface area contributed by atoms with E-state index in [0.29, 0.717) is 36.8 Å². The van der Waals surface area contributed by atoms with Crippen molar-refractivity contribution in [3.05, 3.63) is 46.9 Å². The molecule has 1 saturated heterocycles. The third-order valence-corrected chi connectivity index (χ3v) is 7.18. The van der Waals surface area contributed by atoms with E-state index in [1.54, 1.807) is 30.2 Å². The lowest BCUT2D eigenvalue weighted by atomic mass is 10.1. The van der Waals surface area contributed by atoms with Crippen LogP contribution in [-0.4, -0.2) is 55.6 Å². The summed E-state index contributed by atoms with van der Waals surface area (Å²) in [7, 11) is -1.50. The highest BCUT2D eigenvalue weighted by Gasteiger charge is 2.33. The first-order valence-corrected chi connectivity index (χ1v) is 12.0. The molecule has 1 aliphatic rings. The third kappa shape index (κ3) is 5.46. The SMILES string of the molecule is CCN(C(=O)/C=C/c1ccc(OCc2c(C)noc2C)c(OC)c1)[C@H]1CCS(=O)(=O)C1. The van der Waals surface area contributed by atoms with Gasteiger partial charge >= 0.3 is 0 Å². The number of methoxy groups -OCH3 is 1. The van der Waals surface area contributed by atoms with Crippen molar-refractivity contribution >= 4 is 21.8 Å². The van der Waals surface area contributed by atoms with E-state index >= 15 is 0 Å². The molecular weight excluding hydrogens is 420 g/mol. The highest BCUT2D eigenvalue weighted by atomic mass is 32.2. The van der Waals surface area contributed by atoms with E-state index < -0.39 is 9.84 Å². The van der Waals surface area contributed by atoms with Gasteiger partial charge in [0.15, 0.2) is 21.3 Å². The zero-order chi connectivity index (χ0) is 22.6. The fraction of sp³-hybridized carbons (Fsp3) is 0.455. The molecule has 1 aliphatic heterocycles. The number of amides is 1. The first-order valence-electron chi connectivity index (χ1n) is 10.2. The van der Waals surface area contributed by atoms with Crippen LogP contribution in [0.1, 0.15) is 35.9 Å². The highest BCUT2D eigenvalue weighted by Crippen LogP contribution is 2.30. The maximum absolute atomic E-state index is 12.6. The molecule has 2 aromatic rings. The van der Waals surface area contributed by atoms with Crippen molar-refractivity contribution in [3.8, 4) is 11.5 Å². The van der Waals surface area contributed by atoms with Crippen molar-refractivity contribution in [2.24, 2.45) is 0 Å². The molecule has 0 saturated carbocycles. The van der Waals surface area contributed by atoms with Crippen molar-refractivity contribution in [2.45, 2.75) is 39.8 Å². The number of hydrogen-bond donors (Lipinski definition) is 0. The molecule has 0 N–H and O–H groups in total. The number of aromatic nitrogens is 1. The van der Waals surface area contributed by atoms with E-state index in [4.69, 9.17) is 14.0 Å². The van der Waals surface area contributed by atoms with Crippen LogP contribution < -0.4 is 9.47 Å². The maximum Gasteiger partial charge on any atom is 0.246 e. The van der Waals surface area contributed by atoms with Crippen LogP contribution in [0, 0.1) is 13.8 Å². The Labute approximate surface area is 182 Å². The molecule has 1 aromatic heterocycles. The molecule has 1 atom stereocenters. The first kappa shape index (κ1) is 22.9. The van der Waals surface area contributed by atoms with Gasteiger partial charge in [-0.15, -0.1) is 0 Å². The zero-order valence-electron chi connectivity index (χ0n) is 18.3. The quantitative estimate of drug-likeness (QED) is 0.573. The Hall–Kier alpha value is -2.81. The largest absolute Gasteiger partial charge is 0.493 e. The molecule has 31 heavy (non-hydrogen) atoms. The molecule has 3 rings (SSSR count). The summed E-state index contributed by atoms with van der Waals surface area (Å²) in [4.78, 5) is 14.2. The van der Waals surface area contributed by atoms with Crippen molar-refractivity contribution in [1.29, 1.82) is 0 Å². The number of carbonyl (C=O) groups is 1. The van der Waals surface area contributed by atoms with Gasteiger partial charge in [0.1, 0.15) is 12.4 Å². The molecular formula is C22H28N2O6S. The van der Waals surface area contributed by atoms with Crippen molar-refractivity contribution in [1.82, 2.24) is 10.1 Å². The minimum absolute atomic E-state index is 0.0331. The van der Waals surface area contributed by atoms with Gasteiger partial charge in [-0.2, -0.15) is 0 Å². The zero-order valence-corrected chi connectivity index (χ0v) is 19.1. The van der Waals surface area contributed by atoms with Crippen LogP contribution in [0.3, 0.4) is 0 Å². The van der Waals surface area contributed by atoms with Crippen molar-refractivity contribution < 1.29 is 27.2 Å². The average Bonchev–Trinajstić information content (AvgIpc) is 3.26. The Kier molecular flexibility index (Phi) is 7.04. The van der Waals surface area contributed by atoms with Gasteiger partial charge in [0, 0.05) is 18.7 Å². The number of aryl methyl sites for hydroxylation is 2. The van der Waals surface area contributed by atoms with Crippen LogP contribution in [0.5, 0.6) is 11.5 Å². The second-order valence-corrected chi connectivity index (χ2v) is 9.74. The molecule has 1 fully saturated rings. The second-order valence-electron chi connectivity index (χ2n) is 7.52. The van der Waals surface area contributed by atoms with Crippen LogP contribution in [0.25, 0.3) is 6.08 Å². The van der Waals surface area contributed by atoms with E-state index in [2.05, 4.69) is 5.16 Å². The molecule has 0 spiro atoms. The monoisotopic (exact) mass is 448 g/mol. The van der Waals surface area contributed by atoms with Crippen molar-refractivity contribution in [3.63, 3.8) is 0 Å². The number of carbonyl (C=O) groups excluding carboxylic acids is 1. The molecule has 9 heteroatoms. The standard InChI is InChI=1S/C22H28N2O6S/c1-5-24(18-10-11-31(26,27)14-18)22(25)9-7-17-6-8-20(21(12-17)28-4)29-13-19-15(2)23-30-16(19)3/h6-9,12,18H,5,10-11,13-14H2,1-4H3/b9-7+/t18-/m0/s1. The highest BCUT2D eigenvalue weighted by molar-refractivity contribution is 7.91. The molecule has 1 amide bonds. The van der Waals surface area contributed by atoms with E-state index in [1.807, 2.05) is 26.8 Å². The van der Waals surface area contributed by atoms with Crippen LogP contribution >= 0.6 is 0 Å². The Bertz CT molecular complexity index is 1050. The Balaban J connectivity index is 1.68. The number of ether oxygens (including phenoxy) is 2. The summed E-state index contributed by atoms with van der Waals surface area (Å²) in [6, 6.07) is 5.12. The molecule has 8 nitrogen and oxygen atoms in total. The predicted molar refractivity (Wildman–Crippen MR) is 117 cm³/mol. The average molecular weight is 449 g/mol. The number of likely N-dealkylation sites (N-methyl/N-ethyl adjacent to an activating group) is 1. The molecule has 0 unspecified atom stereocenters. The van der Waals surface area contributed by atoms with Crippen LogP contribution in [0.2, 0.25) is 0 Å². The lowest BCUT2D eigenvalue weighted by Gasteiger charge is -2.25. The van der Waals surface area contributed by atoms with E-state index in [-0.39, 0.29) is 23.5 Å². The van der Waals surface area contributed by atoms with Gasteiger partial charge in [0.25, 0.3) is 0 Å². The fourth-order valence-corrected chi connectivity index (χ4v) is 5.37. The lowest BCUT2D eigenvalue weighted by molar-refractivity contribution is -0.127. The minimum atomic E-state index is -3.05. The molecule has 0 bridgehead atoms. The predicted octanol–water partition coefficient (Wildman–Crippen LogP) is 2.93. The summed E-state index contributed by atoms with van der Waals surface area (Å²) in [5.41, 5.74) is 2.44. The molecule has 2 heterocycles. The van der Waals surface area contributed by atoms with E-state index in [0.717, 1.165) is 16.8 Å². The fourth-order valence-electron chi connectivity index (χ4n) is 3.64. The van der Waals surface area contributed by atoms with Gasteiger partial charge in [-0.1, -0.05) is 11.2 Å². The Morgan fingerprint density at radius 2 is 2.10 bits per heavy atom. The normalized spacial score (nSPS) is 17.7. The van der Waals surface area contributed by atoms with Crippen molar-refractivity contribution in [2.75, 3.05) is 25.2 Å². The number of rotatable bonds is 8. The number of nitrogens with zero attached hydrogens (tertiary/aromatic N) is 2. The topological polar surface area (TPSA) is 98.9 Å². The summed E-state index contributed by atoms with van der Waals surface area (Å²) >= 11 is 0. The Morgan fingerprint density at radius 1 is 1.32 bits per heavy atom. The molecule has 0 aliphatic carbocycles. The summed E-state index contributed by atoms with van der Waals surface area (Å²) in [5.74, 6) is 1.78.